The van der Waals surface area contributed by atoms with E-state index < -0.39 is 5.91 Å². The molecule has 5 nitrogen and oxygen atoms in total. The first kappa shape index (κ1) is 14.8. The van der Waals surface area contributed by atoms with Gasteiger partial charge in [0.2, 0.25) is 0 Å². The number of hydrogen-bond donors (Lipinski definition) is 3. The first-order chi connectivity index (χ1) is 9.49. The fourth-order valence-electron chi connectivity index (χ4n) is 2.92. The Morgan fingerprint density at radius 1 is 1.55 bits per heavy atom. The average molecular weight is 276 g/mol. The van der Waals surface area contributed by atoms with Gasteiger partial charge in [0.05, 0.1) is 16.9 Å². The number of carbonyl (C=O) groups is 1. The van der Waals surface area contributed by atoms with Crippen LogP contribution < -0.4 is 16.4 Å². The number of nitrogens with two attached hydrogens (primary N) is 1. The van der Waals surface area contributed by atoms with E-state index in [1.807, 2.05) is 19.9 Å². The molecule has 0 spiro atoms. The topological polar surface area (TPSA) is 80.0 Å². The van der Waals surface area contributed by atoms with Gasteiger partial charge in [0.25, 0.3) is 5.91 Å². The quantitative estimate of drug-likeness (QED) is 0.780. The maximum Gasteiger partial charge on any atom is 0.252 e. The Kier molecular flexibility index (Phi) is 4.60. The summed E-state index contributed by atoms with van der Waals surface area (Å²) in [7, 11) is 0. The molecule has 1 aromatic rings. The smallest absolute Gasteiger partial charge is 0.252 e. The van der Waals surface area contributed by atoms with Gasteiger partial charge in [-0.1, -0.05) is 0 Å². The van der Waals surface area contributed by atoms with Gasteiger partial charge in [0, 0.05) is 11.7 Å². The number of rotatable bonds is 4. The molecule has 0 aliphatic carbocycles. The number of anilines is 1. The lowest BCUT2D eigenvalue weighted by Crippen LogP contribution is -2.39. The first-order valence-electron chi connectivity index (χ1n) is 7.24. The number of aromatic nitrogens is 1. The molecule has 1 fully saturated rings. The number of aryl methyl sites for hydroxylation is 2. The second kappa shape index (κ2) is 6.22. The monoisotopic (exact) mass is 276 g/mol. The molecular weight excluding hydrogens is 252 g/mol. The van der Waals surface area contributed by atoms with Gasteiger partial charge in [-0.05, 0) is 58.7 Å². The fraction of sp³-hybridized carbons (Fsp3) is 0.600. The molecule has 0 aromatic carbocycles. The molecular formula is C15H24N4O. The summed E-state index contributed by atoms with van der Waals surface area (Å²) in [6.45, 7) is 8.03. The lowest BCUT2D eigenvalue weighted by Gasteiger charge is -2.30. The number of nitrogens with zero attached hydrogens (tertiary/aromatic N) is 1. The van der Waals surface area contributed by atoms with E-state index in [2.05, 4.69) is 22.5 Å². The first-order valence-corrected chi connectivity index (χ1v) is 7.24. The zero-order valence-electron chi connectivity index (χ0n) is 12.5. The molecule has 0 radical (unpaired) electrons. The highest BCUT2D eigenvalue weighted by atomic mass is 16.1. The largest absolute Gasteiger partial charge is 0.382 e. The van der Waals surface area contributed by atoms with Crippen LogP contribution in [-0.2, 0) is 0 Å². The fourth-order valence-corrected chi connectivity index (χ4v) is 2.92. The Morgan fingerprint density at radius 2 is 2.30 bits per heavy atom. The van der Waals surface area contributed by atoms with Crippen LogP contribution in [0.5, 0.6) is 0 Å². The Morgan fingerprint density at radius 3 is 2.90 bits per heavy atom. The second-order valence-corrected chi connectivity index (χ2v) is 5.68. The standard InChI is InChI=1S/C15H24N4O/c1-9-7-13(14(15(16)20)11(3)18-9)19-10(2)12-5-4-6-17-8-12/h7,10,12,17H,4-6,8H2,1-3H3,(H2,16,20)(H,18,19). The predicted octanol–water partition coefficient (Wildman–Crippen LogP) is 1.60. The van der Waals surface area contributed by atoms with Crippen LogP contribution in [0, 0.1) is 19.8 Å². The molecule has 2 atom stereocenters. The third-order valence-electron chi connectivity index (χ3n) is 4.00. The molecule has 4 N–H and O–H groups in total. The summed E-state index contributed by atoms with van der Waals surface area (Å²) >= 11 is 0. The molecule has 110 valence electrons. The van der Waals surface area contributed by atoms with Crippen molar-refractivity contribution in [2.75, 3.05) is 18.4 Å². The second-order valence-electron chi connectivity index (χ2n) is 5.68. The summed E-state index contributed by atoms with van der Waals surface area (Å²) in [5, 5.41) is 6.88. The van der Waals surface area contributed by atoms with Gasteiger partial charge in [-0.25, -0.2) is 0 Å². The minimum atomic E-state index is -0.425. The summed E-state index contributed by atoms with van der Waals surface area (Å²) in [6.07, 6.45) is 2.41. The van der Waals surface area contributed by atoms with Crippen molar-refractivity contribution >= 4 is 11.6 Å². The summed E-state index contributed by atoms with van der Waals surface area (Å²) in [4.78, 5) is 16.0. The molecule has 1 amide bonds. The van der Waals surface area contributed by atoms with Gasteiger partial charge >= 0.3 is 0 Å². The van der Waals surface area contributed by atoms with Crippen molar-refractivity contribution in [2.24, 2.45) is 11.7 Å². The van der Waals surface area contributed by atoms with E-state index in [0.29, 0.717) is 23.2 Å². The summed E-state index contributed by atoms with van der Waals surface area (Å²) in [5.74, 6) is 0.143. The van der Waals surface area contributed by atoms with E-state index >= 15 is 0 Å². The maximum absolute atomic E-state index is 11.6. The van der Waals surface area contributed by atoms with Crippen molar-refractivity contribution in [3.63, 3.8) is 0 Å². The van der Waals surface area contributed by atoms with E-state index in [1.165, 1.54) is 12.8 Å². The van der Waals surface area contributed by atoms with Crippen LogP contribution in [0.25, 0.3) is 0 Å². The molecule has 1 aromatic heterocycles. The van der Waals surface area contributed by atoms with E-state index in [-0.39, 0.29) is 0 Å². The van der Waals surface area contributed by atoms with Crippen molar-refractivity contribution in [1.82, 2.24) is 10.3 Å². The highest BCUT2D eigenvalue weighted by Gasteiger charge is 2.22. The minimum absolute atomic E-state index is 0.294. The lowest BCUT2D eigenvalue weighted by atomic mass is 9.92. The highest BCUT2D eigenvalue weighted by Crippen LogP contribution is 2.23. The number of pyridine rings is 1. The van der Waals surface area contributed by atoms with Crippen molar-refractivity contribution in [3.05, 3.63) is 23.0 Å². The average Bonchev–Trinajstić information content (AvgIpc) is 2.38. The zero-order valence-corrected chi connectivity index (χ0v) is 12.5. The Labute approximate surface area is 120 Å². The number of piperidine rings is 1. The van der Waals surface area contributed by atoms with Gasteiger partial charge < -0.3 is 16.4 Å². The SMILES string of the molecule is Cc1cc(NC(C)C2CCCNC2)c(C(N)=O)c(C)n1. The van der Waals surface area contributed by atoms with Crippen LogP contribution in [0.3, 0.4) is 0 Å². The Bertz CT molecular complexity index is 495. The molecule has 5 heteroatoms. The minimum Gasteiger partial charge on any atom is -0.382 e. The van der Waals surface area contributed by atoms with E-state index in [0.717, 1.165) is 24.5 Å². The predicted molar refractivity (Wildman–Crippen MR) is 80.9 cm³/mol. The Balaban J connectivity index is 2.21. The molecule has 0 bridgehead atoms. The summed E-state index contributed by atoms with van der Waals surface area (Å²) in [6, 6.07) is 2.20. The number of amides is 1. The van der Waals surface area contributed by atoms with Gasteiger partial charge in [-0.15, -0.1) is 0 Å². The van der Waals surface area contributed by atoms with Crippen molar-refractivity contribution in [2.45, 2.75) is 39.7 Å². The van der Waals surface area contributed by atoms with Crippen LogP contribution in [0.4, 0.5) is 5.69 Å². The van der Waals surface area contributed by atoms with Gasteiger partial charge in [0.15, 0.2) is 0 Å². The lowest BCUT2D eigenvalue weighted by molar-refractivity contribution is 0.1000. The zero-order chi connectivity index (χ0) is 14.7. The molecule has 2 rings (SSSR count). The van der Waals surface area contributed by atoms with Crippen LogP contribution in [0.1, 0.15) is 41.5 Å². The van der Waals surface area contributed by atoms with Crippen molar-refractivity contribution in [3.8, 4) is 0 Å². The highest BCUT2D eigenvalue weighted by molar-refractivity contribution is 5.99. The van der Waals surface area contributed by atoms with Crippen LogP contribution in [0.2, 0.25) is 0 Å². The number of hydrogen-bond acceptors (Lipinski definition) is 4. The van der Waals surface area contributed by atoms with E-state index in [9.17, 15) is 4.79 Å². The van der Waals surface area contributed by atoms with Crippen LogP contribution in [-0.4, -0.2) is 30.0 Å². The molecule has 2 unspecified atom stereocenters. The number of carbonyl (C=O) groups excluding carboxylic acids is 1. The molecule has 1 aliphatic rings. The van der Waals surface area contributed by atoms with Crippen LogP contribution in [0.15, 0.2) is 6.07 Å². The molecule has 1 aliphatic heterocycles. The molecule has 0 saturated carbocycles. The Hall–Kier alpha value is -1.62. The summed E-state index contributed by atoms with van der Waals surface area (Å²) < 4.78 is 0. The van der Waals surface area contributed by atoms with E-state index in [4.69, 9.17) is 5.73 Å². The molecule has 20 heavy (non-hydrogen) atoms. The van der Waals surface area contributed by atoms with Gasteiger partial charge in [-0.3, -0.25) is 9.78 Å². The normalized spacial score (nSPS) is 20.4. The number of nitrogens with one attached hydrogen (secondary N) is 2. The third kappa shape index (κ3) is 3.28. The summed E-state index contributed by atoms with van der Waals surface area (Å²) in [5.41, 5.74) is 8.38. The van der Waals surface area contributed by atoms with Gasteiger partial charge in [-0.2, -0.15) is 0 Å². The van der Waals surface area contributed by atoms with Crippen molar-refractivity contribution in [1.29, 1.82) is 0 Å². The molecule has 2 heterocycles. The van der Waals surface area contributed by atoms with E-state index in [1.54, 1.807) is 0 Å². The van der Waals surface area contributed by atoms with Gasteiger partial charge in [0.1, 0.15) is 0 Å². The number of primary amides is 1. The molecule has 1 saturated heterocycles. The third-order valence-corrected chi connectivity index (χ3v) is 4.00. The maximum atomic E-state index is 11.6. The van der Waals surface area contributed by atoms with Crippen LogP contribution >= 0.6 is 0 Å². The van der Waals surface area contributed by atoms with Crippen molar-refractivity contribution < 1.29 is 4.79 Å².